The van der Waals surface area contributed by atoms with E-state index in [1.54, 1.807) is 0 Å². The summed E-state index contributed by atoms with van der Waals surface area (Å²) in [5, 5.41) is 0. The van der Waals surface area contributed by atoms with Crippen molar-refractivity contribution >= 4 is 0 Å². The molecule has 0 aliphatic rings. The van der Waals surface area contributed by atoms with E-state index in [9.17, 15) is 0 Å². The normalized spacial score (nSPS) is 13.1. The summed E-state index contributed by atoms with van der Waals surface area (Å²) in [5.41, 5.74) is 7.72. The summed E-state index contributed by atoms with van der Waals surface area (Å²) in [6.45, 7) is 23.6. The van der Waals surface area contributed by atoms with E-state index in [-0.39, 0.29) is 18.6 Å². The zero-order valence-corrected chi connectivity index (χ0v) is 31.1. The van der Waals surface area contributed by atoms with Crippen molar-refractivity contribution < 1.29 is 9.47 Å². The lowest BCUT2D eigenvalue weighted by atomic mass is 9.85. The molecule has 2 atom stereocenters. The Hall–Kier alpha value is -3.60. The van der Waals surface area contributed by atoms with Gasteiger partial charge in [0.1, 0.15) is 11.5 Å². The highest BCUT2D eigenvalue weighted by atomic mass is 16.7. The third-order valence-corrected chi connectivity index (χ3v) is 9.85. The Labute approximate surface area is 292 Å². The van der Waals surface area contributed by atoms with Gasteiger partial charge in [0, 0.05) is 35.5 Å². The minimum atomic E-state index is 0.150. The molecule has 0 aliphatic carbocycles. The number of nitrogens with zero attached hydrogens (tertiary/aromatic N) is 2. The first kappa shape index (κ1) is 37.2. The second-order valence-corrected chi connectivity index (χ2v) is 14.1. The molecule has 0 spiro atoms. The standard InChI is InChI=1S/C44H60N2O2/c1-10-45(32(2)3)27-25-41(38-19-15-12-16-20-38)43-29-35(8)21-24-44(43)48-31-47-39-23-22-36(9)42(30-39)40(37-17-13-11-14-18-37)26-28-46(33(4)5)34(6)7/h11-24,29-30,32-34,40-41H,10,25-28,31H2,1-9H3. The number of hydrogen-bond donors (Lipinski definition) is 0. The average molecular weight is 649 g/mol. The largest absolute Gasteiger partial charge is 0.457 e. The van der Waals surface area contributed by atoms with Crippen molar-refractivity contribution in [1.82, 2.24) is 9.80 Å². The highest BCUT2D eigenvalue weighted by Gasteiger charge is 2.23. The predicted molar refractivity (Wildman–Crippen MR) is 204 cm³/mol. The molecule has 4 nitrogen and oxygen atoms in total. The van der Waals surface area contributed by atoms with Crippen molar-refractivity contribution in [3.63, 3.8) is 0 Å². The smallest absolute Gasteiger partial charge is 0.230 e. The third-order valence-electron chi connectivity index (χ3n) is 9.85. The Bertz CT molecular complexity index is 1510. The van der Waals surface area contributed by atoms with E-state index in [4.69, 9.17) is 9.47 Å². The Morgan fingerprint density at radius 3 is 1.73 bits per heavy atom. The maximum atomic E-state index is 6.48. The van der Waals surface area contributed by atoms with Gasteiger partial charge in [-0.1, -0.05) is 91.3 Å². The zero-order valence-electron chi connectivity index (χ0n) is 31.1. The summed E-state index contributed by atoms with van der Waals surface area (Å²) in [7, 11) is 0. The van der Waals surface area contributed by atoms with Gasteiger partial charge in [-0.15, -0.1) is 0 Å². The van der Waals surface area contributed by atoms with E-state index < -0.39 is 0 Å². The first-order chi connectivity index (χ1) is 23.1. The predicted octanol–water partition coefficient (Wildman–Crippen LogP) is 10.6. The van der Waals surface area contributed by atoms with Crippen LogP contribution >= 0.6 is 0 Å². The molecule has 48 heavy (non-hydrogen) atoms. The fourth-order valence-corrected chi connectivity index (χ4v) is 7.16. The molecule has 0 fully saturated rings. The van der Waals surface area contributed by atoms with Crippen LogP contribution in [0.1, 0.15) is 107 Å². The van der Waals surface area contributed by atoms with Crippen LogP contribution < -0.4 is 9.47 Å². The molecule has 0 amide bonds. The van der Waals surface area contributed by atoms with Crippen molar-refractivity contribution in [3.05, 3.63) is 130 Å². The summed E-state index contributed by atoms with van der Waals surface area (Å²) in [6, 6.07) is 36.4. The van der Waals surface area contributed by atoms with Crippen LogP contribution in [-0.2, 0) is 0 Å². The molecule has 4 aromatic carbocycles. The van der Waals surface area contributed by atoms with Crippen molar-refractivity contribution in [1.29, 1.82) is 0 Å². The molecule has 4 rings (SSSR count). The Morgan fingerprint density at radius 2 is 1.17 bits per heavy atom. The summed E-state index contributed by atoms with van der Waals surface area (Å²) in [4.78, 5) is 5.13. The number of aryl methyl sites for hydroxylation is 2. The monoisotopic (exact) mass is 648 g/mol. The molecule has 0 aromatic heterocycles. The molecule has 0 heterocycles. The lowest BCUT2D eigenvalue weighted by molar-refractivity contribution is 0.118. The lowest BCUT2D eigenvalue weighted by Gasteiger charge is -2.32. The second-order valence-electron chi connectivity index (χ2n) is 14.1. The van der Waals surface area contributed by atoms with Gasteiger partial charge in [0.25, 0.3) is 0 Å². The molecular formula is C44H60N2O2. The van der Waals surface area contributed by atoms with E-state index >= 15 is 0 Å². The van der Waals surface area contributed by atoms with Gasteiger partial charge in [0.05, 0.1) is 0 Å². The minimum Gasteiger partial charge on any atom is -0.457 e. The van der Waals surface area contributed by atoms with Gasteiger partial charge in [0.2, 0.25) is 6.79 Å². The van der Waals surface area contributed by atoms with Crippen LogP contribution in [0.2, 0.25) is 0 Å². The number of hydrogen-bond acceptors (Lipinski definition) is 4. The molecule has 2 unspecified atom stereocenters. The summed E-state index contributed by atoms with van der Waals surface area (Å²) < 4.78 is 12.9. The first-order valence-electron chi connectivity index (χ1n) is 18.1. The lowest BCUT2D eigenvalue weighted by Crippen LogP contribution is -2.38. The third kappa shape index (κ3) is 10.2. The minimum absolute atomic E-state index is 0.150. The van der Waals surface area contributed by atoms with Gasteiger partial charge in [-0.25, -0.2) is 0 Å². The zero-order chi connectivity index (χ0) is 34.6. The van der Waals surface area contributed by atoms with E-state index in [1.807, 2.05) is 0 Å². The van der Waals surface area contributed by atoms with Gasteiger partial charge in [0.15, 0.2) is 0 Å². The number of ether oxygens (including phenoxy) is 2. The van der Waals surface area contributed by atoms with Crippen LogP contribution in [0, 0.1) is 13.8 Å². The molecular weight excluding hydrogens is 588 g/mol. The summed E-state index contributed by atoms with van der Waals surface area (Å²) >= 11 is 0. The highest BCUT2D eigenvalue weighted by Crippen LogP contribution is 2.37. The van der Waals surface area contributed by atoms with Gasteiger partial charge >= 0.3 is 0 Å². The second kappa shape index (κ2) is 18.2. The van der Waals surface area contributed by atoms with E-state index in [2.05, 4.69) is 169 Å². The van der Waals surface area contributed by atoms with Gasteiger partial charge in [-0.05, 0) is 128 Å². The quantitative estimate of drug-likeness (QED) is 0.100. The van der Waals surface area contributed by atoms with E-state index in [0.717, 1.165) is 44.0 Å². The van der Waals surface area contributed by atoms with Crippen molar-refractivity contribution in [2.24, 2.45) is 0 Å². The van der Waals surface area contributed by atoms with E-state index in [0.29, 0.717) is 18.1 Å². The SMILES string of the molecule is CCN(CCC(c1ccccc1)c1cc(C)ccc1OCOc1ccc(C)c(C(CCN(C(C)C)C(C)C)c2ccccc2)c1)C(C)C. The van der Waals surface area contributed by atoms with Gasteiger partial charge < -0.3 is 14.4 Å². The van der Waals surface area contributed by atoms with Crippen LogP contribution in [0.3, 0.4) is 0 Å². The van der Waals surface area contributed by atoms with Crippen molar-refractivity contribution in [2.75, 3.05) is 26.4 Å². The summed E-state index contributed by atoms with van der Waals surface area (Å²) in [5.74, 6) is 2.23. The van der Waals surface area contributed by atoms with E-state index in [1.165, 1.54) is 33.4 Å². The molecule has 0 saturated heterocycles. The molecule has 4 heteroatoms. The fraction of sp³-hybridized carbons (Fsp3) is 0.455. The number of rotatable bonds is 18. The molecule has 258 valence electrons. The fourth-order valence-electron chi connectivity index (χ4n) is 7.16. The molecule has 4 aromatic rings. The van der Waals surface area contributed by atoms with Crippen LogP contribution in [0.15, 0.2) is 97.1 Å². The first-order valence-corrected chi connectivity index (χ1v) is 18.1. The topological polar surface area (TPSA) is 24.9 Å². The van der Waals surface area contributed by atoms with Crippen LogP contribution in [0.25, 0.3) is 0 Å². The maximum absolute atomic E-state index is 6.48. The van der Waals surface area contributed by atoms with Crippen molar-refractivity contribution in [2.45, 2.75) is 105 Å². The molecule has 0 bridgehead atoms. The van der Waals surface area contributed by atoms with Crippen LogP contribution in [-0.4, -0.2) is 54.4 Å². The van der Waals surface area contributed by atoms with Crippen LogP contribution in [0.5, 0.6) is 11.5 Å². The highest BCUT2D eigenvalue weighted by molar-refractivity contribution is 5.45. The van der Waals surface area contributed by atoms with Crippen molar-refractivity contribution in [3.8, 4) is 11.5 Å². The van der Waals surface area contributed by atoms with Crippen LogP contribution in [0.4, 0.5) is 0 Å². The number of benzene rings is 4. The maximum Gasteiger partial charge on any atom is 0.230 e. The molecule has 0 radical (unpaired) electrons. The summed E-state index contributed by atoms with van der Waals surface area (Å²) in [6.07, 6.45) is 2.06. The van der Waals surface area contributed by atoms with Gasteiger partial charge in [-0.2, -0.15) is 0 Å². The molecule has 0 aliphatic heterocycles. The average Bonchev–Trinajstić information content (AvgIpc) is 3.07. The molecule has 0 saturated carbocycles. The Morgan fingerprint density at radius 1 is 0.583 bits per heavy atom. The Balaban J connectivity index is 1.56. The van der Waals surface area contributed by atoms with Gasteiger partial charge in [-0.3, -0.25) is 4.90 Å². The Kier molecular flexibility index (Phi) is 14.1. The molecule has 0 N–H and O–H groups in total.